The van der Waals surface area contributed by atoms with Gasteiger partial charge in [0.15, 0.2) is 0 Å². The monoisotopic (exact) mass is 532 g/mol. The molecule has 4 rings (SSSR count). The summed E-state index contributed by atoms with van der Waals surface area (Å²) >= 11 is 0. The molecule has 0 saturated carbocycles. The molecule has 2 saturated heterocycles. The fourth-order valence-electron chi connectivity index (χ4n) is 6.20. The molecule has 39 heavy (non-hydrogen) atoms. The van der Waals surface area contributed by atoms with E-state index in [0.29, 0.717) is 43.5 Å². The van der Waals surface area contributed by atoms with Crippen LogP contribution in [0.15, 0.2) is 48.5 Å². The number of quaternary nitrogens is 1. The van der Waals surface area contributed by atoms with E-state index in [0.717, 1.165) is 55.5 Å². The molecule has 2 unspecified atom stereocenters. The Kier molecular flexibility index (Phi) is 9.73. The van der Waals surface area contributed by atoms with Crippen molar-refractivity contribution in [2.75, 3.05) is 51.3 Å². The number of morpholine rings is 1. The summed E-state index contributed by atoms with van der Waals surface area (Å²) in [5.41, 5.74) is 9.52. The van der Waals surface area contributed by atoms with Crippen LogP contribution in [0.5, 0.6) is 0 Å². The Morgan fingerprint density at radius 1 is 1.15 bits per heavy atom. The molecular weight excluding hydrogens is 490 g/mol. The number of piperidine rings is 1. The lowest BCUT2D eigenvalue weighted by molar-refractivity contribution is -0.954. The molecule has 2 fully saturated rings. The average molecular weight is 533 g/mol. The van der Waals surface area contributed by atoms with Crippen LogP contribution in [-0.2, 0) is 16.0 Å². The summed E-state index contributed by atoms with van der Waals surface area (Å²) in [6.07, 6.45) is 3.93. The van der Waals surface area contributed by atoms with Gasteiger partial charge >= 0.3 is 0 Å². The average Bonchev–Trinajstić information content (AvgIpc) is 2.97. The highest BCUT2D eigenvalue weighted by Crippen LogP contribution is 2.31. The number of nitrogens with two attached hydrogens (primary N) is 1. The number of nitrogens with zero attached hydrogens (tertiary/aromatic N) is 3. The first-order valence-electron chi connectivity index (χ1n) is 14.2. The first kappa shape index (κ1) is 28.8. The summed E-state index contributed by atoms with van der Waals surface area (Å²) < 4.78 is 6.43. The van der Waals surface area contributed by atoms with Crippen LogP contribution in [0.2, 0.25) is 0 Å². The predicted octanol–water partition coefficient (Wildman–Crippen LogP) is 3.56. The van der Waals surface area contributed by atoms with Gasteiger partial charge in [0.1, 0.15) is 0 Å². The van der Waals surface area contributed by atoms with Crippen molar-refractivity contribution in [1.29, 1.82) is 5.26 Å². The normalized spacial score (nSPS) is 22.9. The zero-order valence-electron chi connectivity index (χ0n) is 23.3. The molecule has 0 aromatic heterocycles. The van der Waals surface area contributed by atoms with Crippen molar-refractivity contribution in [1.82, 2.24) is 4.90 Å². The molecule has 8 nitrogen and oxygen atoms in total. The van der Waals surface area contributed by atoms with E-state index < -0.39 is 6.04 Å². The topological polar surface area (TPSA) is 108 Å². The van der Waals surface area contributed by atoms with Crippen LogP contribution in [0.1, 0.15) is 54.6 Å². The highest BCUT2D eigenvalue weighted by molar-refractivity contribution is 6.04. The Hall–Kier alpha value is -3.25. The molecule has 2 aromatic carbocycles. The van der Waals surface area contributed by atoms with Crippen LogP contribution < -0.4 is 11.1 Å². The van der Waals surface area contributed by atoms with Crippen molar-refractivity contribution in [2.24, 2.45) is 11.7 Å². The van der Waals surface area contributed by atoms with Gasteiger partial charge in [-0.25, -0.2) is 0 Å². The van der Waals surface area contributed by atoms with Crippen LogP contribution in [0, 0.1) is 17.2 Å². The number of carbonyl (C=O) groups is 2. The van der Waals surface area contributed by atoms with Crippen LogP contribution in [-0.4, -0.2) is 79.2 Å². The molecule has 0 aliphatic carbocycles. The minimum atomic E-state index is -0.432. The van der Waals surface area contributed by atoms with Gasteiger partial charge < -0.3 is 25.2 Å². The third-order valence-electron chi connectivity index (χ3n) is 8.60. The second-order valence-corrected chi connectivity index (χ2v) is 11.1. The van der Waals surface area contributed by atoms with Gasteiger partial charge in [0.2, 0.25) is 5.91 Å². The molecule has 0 radical (unpaired) electrons. The quantitative estimate of drug-likeness (QED) is 0.480. The van der Waals surface area contributed by atoms with Crippen molar-refractivity contribution in [3.8, 4) is 6.07 Å². The van der Waals surface area contributed by atoms with Gasteiger partial charge in [0, 0.05) is 43.6 Å². The Morgan fingerprint density at radius 3 is 2.49 bits per heavy atom. The third kappa shape index (κ3) is 7.04. The smallest absolute Gasteiger partial charge is 0.255 e. The fraction of sp³-hybridized carbons (Fsp3) is 0.516. The van der Waals surface area contributed by atoms with Crippen molar-refractivity contribution < 1.29 is 18.8 Å². The molecule has 2 atom stereocenters. The van der Waals surface area contributed by atoms with Gasteiger partial charge in [-0.3, -0.25) is 9.59 Å². The van der Waals surface area contributed by atoms with Crippen molar-refractivity contribution >= 4 is 17.5 Å². The van der Waals surface area contributed by atoms with Crippen molar-refractivity contribution in [3.63, 3.8) is 0 Å². The summed E-state index contributed by atoms with van der Waals surface area (Å²) in [7, 11) is 0. The Morgan fingerprint density at radius 2 is 1.85 bits per heavy atom. The minimum absolute atomic E-state index is 0.0757. The fourth-order valence-corrected chi connectivity index (χ4v) is 6.20. The number of benzene rings is 2. The Labute approximate surface area is 232 Å². The van der Waals surface area contributed by atoms with Crippen molar-refractivity contribution in [3.05, 3.63) is 65.2 Å². The summed E-state index contributed by atoms with van der Waals surface area (Å²) in [4.78, 5) is 27.6. The maximum absolute atomic E-state index is 13.0. The number of carbonyl (C=O) groups excluding carboxylic acids is 2. The number of hydrogen-bond donors (Lipinski definition) is 2. The maximum Gasteiger partial charge on any atom is 0.255 e. The largest absolute Gasteiger partial charge is 0.378 e. The van der Waals surface area contributed by atoms with Gasteiger partial charge in [0.25, 0.3) is 5.91 Å². The first-order valence-corrected chi connectivity index (χ1v) is 14.2. The van der Waals surface area contributed by atoms with Crippen LogP contribution in [0.4, 0.5) is 5.69 Å². The number of nitrogens with one attached hydrogen (secondary N) is 1. The van der Waals surface area contributed by atoms with Gasteiger partial charge in [-0.2, -0.15) is 5.26 Å². The number of nitriles is 1. The first-order chi connectivity index (χ1) is 18.8. The number of amides is 2. The molecular formula is C31H42N5O3+. The number of rotatable bonds is 9. The molecule has 2 aliphatic rings. The zero-order chi connectivity index (χ0) is 27.8. The van der Waals surface area contributed by atoms with E-state index in [2.05, 4.69) is 37.4 Å². The van der Waals surface area contributed by atoms with Gasteiger partial charge in [-0.15, -0.1) is 0 Å². The summed E-state index contributed by atoms with van der Waals surface area (Å²) in [6.45, 7) is 10.2. The molecule has 2 heterocycles. The second kappa shape index (κ2) is 13.2. The molecule has 8 heteroatoms. The number of likely N-dealkylation sites (tertiary alicyclic amines) is 1. The highest BCUT2D eigenvalue weighted by Gasteiger charge is 2.41. The van der Waals surface area contributed by atoms with Crippen LogP contribution in [0.25, 0.3) is 0 Å². The maximum atomic E-state index is 13.0. The Bertz CT molecular complexity index is 1160. The molecule has 2 aromatic rings. The summed E-state index contributed by atoms with van der Waals surface area (Å²) in [6, 6.07) is 16.8. The molecule has 2 amide bonds. The number of ether oxygens (including phenoxy) is 1. The molecule has 0 spiro atoms. The second-order valence-electron chi connectivity index (χ2n) is 11.1. The van der Waals surface area contributed by atoms with E-state index in [1.54, 1.807) is 24.3 Å². The van der Waals surface area contributed by atoms with Gasteiger partial charge in [-0.05, 0) is 61.2 Å². The highest BCUT2D eigenvalue weighted by atomic mass is 16.5. The third-order valence-corrected chi connectivity index (χ3v) is 8.60. The van der Waals surface area contributed by atoms with E-state index in [1.165, 1.54) is 5.56 Å². The summed E-state index contributed by atoms with van der Waals surface area (Å²) in [5.74, 6) is 0.104. The molecule has 0 bridgehead atoms. The minimum Gasteiger partial charge on any atom is -0.378 e. The predicted molar refractivity (Wildman–Crippen MR) is 152 cm³/mol. The van der Waals surface area contributed by atoms with Crippen LogP contribution >= 0.6 is 0 Å². The lowest BCUT2D eigenvalue weighted by Gasteiger charge is -2.49. The van der Waals surface area contributed by atoms with Gasteiger partial charge in [-0.1, -0.05) is 19.1 Å². The standard InChI is InChI=1S/C31H41N5O3/c1-3-15-36(16-11-26(12-17-36)29(33)31(38)35-13-18-39-19-14-35)23(2)20-25-5-4-6-28(21-25)34-30(37)27-9-7-24(22-32)8-10-27/h4-10,21,23,26,29H,3,11-20,33H2,1-2H3/p+1. The van der Waals surface area contributed by atoms with Gasteiger partial charge in [0.05, 0.1) is 56.6 Å². The SMILES string of the molecule is CCC[N+]1(C(C)Cc2cccc(NC(=O)c3ccc(C#N)cc3)c2)CCC(C(N)C(=O)N2CCOCC2)CC1. The lowest BCUT2D eigenvalue weighted by atomic mass is 9.86. The molecule has 208 valence electrons. The lowest BCUT2D eigenvalue weighted by Crippen LogP contribution is -2.61. The van der Waals surface area contributed by atoms with E-state index in [-0.39, 0.29) is 17.7 Å². The molecule has 2 aliphatic heterocycles. The molecule has 3 N–H and O–H groups in total. The summed E-state index contributed by atoms with van der Waals surface area (Å²) in [5, 5.41) is 12.0. The van der Waals surface area contributed by atoms with Crippen LogP contribution in [0.3, 0.4) is 0 Å². The zero-order valence-corrected chi connectivity index (χ0v) is 23.3. The van der Waals surface area contributed by atoms with E-state index >= 15 is 0 Å². The van der Waals surface area contributed by atoms with Crippen molar-refractivity contribution in [2.45, 2.75) is 51.6 Å². The van der Waals surface area contributed by atoms with E-state index in [1.807, 2.05) is 17.0 Å². The van der Waals surface area contributed by atoms with E-state index in [9.17, 15) is 9.59 Å². The Balaban J connectivity index is 1.37. The number of hydrogen-bond acceptors (Lipinski definition) is 5. The van der Waals surface area contributed by atoms with E-state index in [4.69, 9.17) is 15.7 Å². The number of anilines is 1.